The van der Waals surface area contributed by atoms with Crippen molar-refractivity contribution in [3.63, 3.8) is 0 Å². The van der Waals surface area contributed by atoms with E-state index in [4.69, 9.17) is 5.26 Å². The summed E-state index contributed by atoms with van der Waals surface area (Å²) in [5.74, 6) is -0.801. The predicted octanol–water partition coefficient (Wildman–Crippen LogP) is 3.62. The molecule has 4 nitrogen and oxygen atoms in total. The maximum atomic E-state index is 12.6. The van der Waals surface area contributed by atoms with Crippen molar-refractivity contribution >= 4 is 11.6 Å². The minimum Gasteiger partial charge on any atom is -0.351 e. The van der Waals surface area contributed by atoms with Crippen molar-refractivity contribution < 1.29 is 18.0 Å². The van der Waals surface area contributed by atoms with Crippen molar-refractivity contribution in [1.29, 1.82) is 5.26 Å². The molecule has 0 saturated carbocycles. The normalized spacial score (nSPS) is 11.3. The number of alkyl halides is 3. The number of hydrogen-bond acceptors (Lipinski definition) is 3. The monoisotopic (exact) mass is 321 g/mol. The van der Waals surface area contributed by atoms with Gasteiger partial charge in [-0.25, -0.2) is 0 Å². The molecule has 0 saturated heterocycles. The molecule has 0 aromatic heterocycles. The second-order valence-corrected chi connectivity index (χ2v) is 4.63. The molecule has 0 heterocycles. The van der Waals surface area contributed by atoms with E-state index in [0.29, 0.717) is 17.3 Å². The van der Waals surface area contributed by atoms with Crippen LogP contribution in [-0.2, 0) is 4.79 Å². The summed E-state index contributed by atoms with van der Waals surface area (Å²) >= 11 is 0. The van der Waals surface area contributed by atoms with Gasteiger partial charge in [-0.1, -0.05) is 19.2 Å². The number of carbonyl (C=O) groups excluding carboxylic acids is 1. The fraction of sp³-hybridized carbons (Fsp3) is 0.125. The average molecular weight is 321 g/mol. The van der Waals surface area contributed by atoms with Gasteiger partial charge < -0.3 is 10.6 Å². The van der Waals surface area contributed by atoms with E-state index in [1.807, 2.05) is 6.07 Å². The van der Waals surface area contributed by atoms with Crippen LogP contribution >= 0.6 is 0 Å². The third-order valence-corrected chi connectivity index (χ3v) is 2.52. The fourth-order valence-electron chi connectivity index (χ4n) is 1.50. The zero-order chi connectivity index (χ0) is 17.6. The van der Waals surface area contributed by atoms with Gasteiger partial charge in [-0.3, -0.25) is 4.79 Å². The molecule has 0 unspecified atom stereocenters. The Kier molecular flexibility index (Phi) is 5.74. The topological polar surface area (TPSA) is 64.9 Å². The molecule has 0 bridgehead atoms. The average Bonchev–Trinajstić information content (AvgIpc) is 2.45. The Balaban J connectivity index is 3.16. The third-order valence-electron chi connectivity index (χ3n) is 2.52. The number of allylic oxidation sites excluding steroid dienone is 3. The number of nitrogens with zero attached hydrogens (tertiary/aromatic N) is 1. The van der Waals surface area contributed by atoms with E-state index in [1.165, 1.54) is 31.2 Å². The lowest BCUT2D eigenvalue weighted by Gasteiger charge is -2.13. The van der Waals surface area contributed by atoms with Crippen molar-refractivity contribution in [1.82, 2.24) is 5.32 Å². The maximum Gasteiger partial charge on any atom is 0.415 e. The number of anilines is 1. The minimum atomic E-state index is -4.66. The number of hydrogen-bond donors (Lipinski definition) is 2. The van der Waals surface area contributed by atoms with Crippen LogP contribution in [0.5, 0.6) is 0 Å². The Morgan fingerprint density at radius 2 is 2.00 bits per heavy atom. The molecule has 1 rings (SSSR count). The highest BCUT2D eigenvalue weighted by molar-refractivity contribution is 5.97. The van der Waals surface area contributed by atoms with E-state index < -0.39 is 17.7 Å². The molecule has 2 N–H and O–H groups in total. The molecule has 1 aromatic rings. The van der Waals surface area contributed by atoms with Crippen molar-refractivity contribution in [3.8, 4) is 6.07 Å². The third kappa shape index (κ3) is 5.71. The molecular formula is C16H14F3N3O. The highest BCUT2D eigenvalue weighted by atomic mass is 19.4. The second-order valence-electron chi connectivity index (χ2n) is 4.63. The summed E-state index contributed by atoms with van der Waals surface area (Å²) in [4.78, 5) is 12.0. The quantitative estimate of drug-likeness (QED) is 0.643. The summed E-state index contributed by atoms with van der Waals surface area (Å²) in [7, 11) is 0. The zero-order valence-electron chi connectivity index (χ0n) is 12.3. The predicted molar refractivity (Wildman–Crippen MR) is 81.0 cm³/mol. The first-order valence-corrected chi connectivity index (χ1v) is 6.35. The lowest BCUT2D eigenvalue weighted by atomic mass is 10.2. The van der Waals surface area contributed by atoms with Gasteiger partial charge in [0, 0.05) is 11.4 Å². The Hall–Kier alpha value is -3.01. The van der Waals surface area contributed by atoms with Gasteiger partial charge in [-0.2, -0.15) is 18.4 Å². The van der Waals surface area contributed by atoms with Gasteiger partial charge in [0.25, 0.3) is 5.91 Å². The van der Waals surface area contributed by atoms with Gasteiger partial charge in [0.15, 0.2) is 0 Å². The van der Waals surface area contributed by atoms with E-state index >= 15 is 0 Å². The summed E-state index contributed by atoms with van der Waals surface area (Å²) in [6, 6.07) is 7.87. The molecule has 0 aliphatic rings. The van der Waals surface area contributed by atoms with Crippen LogP contribution in [0.2, 0.25) is 0 Å². The number of rotatable bonds is 5. The van der Waals surface area contributed by atoms with Crippen LogP contribution in [0.25, 0.3) is 0 Å². The van der Waals surface area contributed by atoms with Crippen molar-refractivity contribution in [2.24, 2.45) is 0 Å². The van der Waals surface area contributed by atoms with E-state index in [0.717, 1.165) is 0 Å². The molecule has 7 heteroatoms. The van der Waals surface area contributed by atoms with Gasteiger partial charge in [0.05, 0.1) is 17.2 Å². The van der Waals surface area contributed by atoms with Gasteiger partial charge in [-0.05, 0) is 31.2 Å². The Bertz CT molecular complexity index is 712. The van der Waals surface area contributed by atoms with E-state index in [-0.39, 0.29) is 11.4 Å². The van der Waals surface area contributed by atoms with Crippen molar-refractivity contribution in [2.75, 3.05) is 5.32 Å². The van der Waals surface area contributed by atoms with Gasteiger partial charge in [0.2, 0.25) is 0 Å². The molecule has 0 aliphatic heterocycles. The number of nitriles is 1. The maximum absolute atomic E-state index is 12.6. The number of benzene rings is 1. The Morgan fingerprint density at radius 3 is 2.52 bits per heavy atom. The lowest BCUT2D eigenvalue weighted by molar-refractivity contribution is -0.116. The second kappa shape index (κ2) is 7.31. The van der Waals surface area contributed by atoms with Gasteiger partial charge in [-0.15, -0.1) is 0 Å². The number of amides is 1. The summed E-state index contributed by atoms with van der Waals surface area (Å²) in [5, 5.41) is 13.7. The number of nitrogens with one attached hydrogen (secondary N) is 2. The first-order chi connectivity index (χ1) is 10.6. The minimum absolute atomic E-state index is 0.270. The Labute approximate surface area is 131 Å². The van der Waals surface area contributed by atoms with Crippen molar-refractivity contribution in [3.05, 3.63) is 66.0 Å². The van der Waals surface area contributed by atoms with Crippen LogP contribution in [0.1, 0.15) is 12.5 Å². The molecule has 0 fully saturated rings. The first kappa shape index (κ1) is 18.0. The molecule has 120 valence electrons. The molecule has 1 aromatic carbocycles. The SMILES string of the molecule is C=C(C)NC(=O)/C(=C/C(=C)C(F)(F)F)Nc1cccc(C#N)c1. The molecule has 23 heavy (non-hydrogen) atoms. The van der Waals surface area contributed by atoms with Gasteiger partial charge >= 0.3 is 6.18 Å². The first-order valence-electron chi connectivity index (χ1n) is 6.35. The van der Waals surface area contributed by atoms with Crippen LogP contribution < -0.4 is 10.6 Å². The Morgan fingerprint density at radius 1 is 1.35 bits per heavy atom. The number of carbonyl (C=O) groups is 1. The van der Waals surface area contributed by atoms with Crippen LogP contribution in [0, 0.1) is 11.3 Å². The highest BCUT2D eigenvalue weighted by Gasteiger charge is 2.31. The standard InChI is InChI=1S/C16H14F3N3O/c1-10(2)21-15(23)14(7-11(3)16(17,18)19)22-13-6-4-5-12(8-13)9-20/h4-8,22H,1,3H2,2H3,(H,21,23)/b14-7-. The molecule has 0 aliphatic carbocycles. The van der Waals surface area contributed by atoms with Crippen LogP contribution in [0.4, 0.5) is 18.9 Å². The smallest absolute Gasteiger partial charge is 0.351 e. The molecule has 0 atom stereocenters. The van der Waals surface area contributed by atoms with Crippen LogP contribution in [-0.4, -0.2) is 12.1 Å². The fourth-order valence-corrected chi connectivity index (χ4v) is 1.50. The lowest BCUT2D eigenvalue weighted by Crippen LogP contribution is -2.27. The largest absolute Gasteiger partial charge is 0.415 e. The van der Waals surface area contributed by atoms with E-state index in [9.17, 15) is 18.0 Å². The van der Waals surface area contributed by atoms with Crippen LogP contribution in [0.3, 0.4) is 0 Å². The molecule has 0 spiro atoms. The van der Waals surface area contributed by atoms with E-state index in [2.05, 4.69) is 23.8 Å². The molecule has 0 radical (unpaired) electrons. The van der Waals surface area contributed by atoms with E-state index in [1.54, 1.807) is 0 Å². The summed E-state index contributed by atoms with van der Waals surface area (Å²) < 4.78 is 37.9. The summed E-state index contributed by atoms with van der Waals surface area (Å²) in [6.45, 7) is 7.86. The van der Waals surface area contributed by atoms with Gasteiger partial charge in [0.1, 0.15) is 5.70 Å². The number of halogens is 3. The molecule has 1 amide bonds. The van der Waals surface area contributed by atoms with Crippen molar-refractivity contribution in [2.45, 2.75) is 13.1 Å². The van der Waals surface area contributed by atoms with Crippen LogP contribution in [0.15, 0.2) is 60.5 Å². The molecular weight excluding hydrogens is 307 g/mol. The zero-order valence-corrected chi connectivity index (χ0v) is 12.3. The highest BCUT2D eigenvalue weighted by Crippen LogP contribution is 2.26. The summed E-state index contributed by atoms with van der Waals surface area (Å²) in [6.07, 6.45) is -4.07. The summed E-state index contributed by atoms with van der Waals surface area (Å²) in [5.41, 5.74) is -0.698.